The van der Waals surface area contributed by atoms with E-state index in [2.05, 4.69) is 6.92 Å². The molecule has 2 aromatic carbocycles. The fourth-order valence-electron chi connectivity index (χ4n) is 1.66. The molecule has 2 aromatic rings. The van der Waals surface area contributed by atoms with Crippen molar-refractivity contribution in [3.05, 3.63) is 59.4 Å². The minimum atomic E-state index is -1.25. The summed E-state index contributed by atoms with van der Waals surface area (Å²) in [5, 5.41) is 8.76. The highest BCUT2D eigenvalue weighted by molar-refractivity contribution is 7.99. The van der Waals surface area contributed by atoms with Gasteiger partial charge in [-0.15, -0.1) is 0 Å². The highest BCUT2D eigenvalue weighted by Gasteiger charge is 2.10. The van der Waals surface area contributed by atoms with Crippen molar-refractivity contribution in [1.29, 1.82) is 0 Å². The SMILES string of the molecule is CCc1ccc(Sc2ccc(C(=O)O)c(F)c2)cc1. The normalized spacial score (nSPS) is 10.4. The van der Waals surface area contributed by atoms with Crippen LogP contribution in [-0.4, -0.2) is 11.1 Å². The Kier molecular flexibility index (Phi) is 4.22. The summed E-state index contributed by atoms with van der Waals surface area (Å²) in [5.41, 5.74) is 0.947. The Hall–Kier alpha value is -1.81. The minimum Gasteiger partial charge on any atom is -0.478 e. The van der Waals surface area contributed by atoms with Gasteiger partial charge in [0.15, 0.2) is 0 Å². The van der Waals surface area contributed by atoms with Gasteiger partial charge in [0.1, 0.15) is 5.82 Å². The quantitative estimate of drug-likeness (QED) is 0.907. The van der Waals surface area contributed by atoms with Gasteiger partial charge in [-0.25, -0.2) is 9.18 Å². The predicted octanol–water partition coefficient (Wildman–Crippen LogP) is 4.24. The Labute approximate surface area is 115 Å². The molecular weight excluding hydrogens is 263 g/mol. The van der Waals surface area contributed by atoms with E-state index in [1.54, 1.807) is 6.07 Å². The van der Waals surface area contributed by atoms with Crippen LogP contribution in [0, 0.1) is 5.82 Å². The molecule has 98 valence electrons. The fourth-order valence-corrected chi connectivity index (χ4v) is 2.50. The first kappa shape index (κ1) is 13.6. The molecule has 2 nitrogen and oxygen atoms in total. The molecule has 0 saturated carbocycles. The van der Waals surface area contributed by atoms with Crippen LogP contribution in [0.5, 0.6) is 0 Å². The lowest BCUT2D eigenvalue weighted by atomic mass is 10.2. The minimum absolute atomic E-state index is 0.300. The maximum atomic E-state index is 13.5. The van der Waals surface area contributed by atoms with Crippen LogP contribution in [0.3, 0.4) is 0 Å². The number of carbonyl (C=O) groups is 1. The molecule has 2 rings (SSSR count). The molecule has 0 aliphatic heterocycles. The number of halogens is 1. The first-order valence-electron chi connectivity index (χ1n) is 5.90. The van der Waals surface area contributed by atoms with Gasteiger partial charge in [0.25, 0.3) is 0 Å². The van der Waals surface area contributed by atoms with Crippen LogP contribution >= 0.6 is 11.8 Å². The van der Waals surface area contributed by atoms with Gasteiger partial charge in [0.2, 0.25) is 0 Å². The number of aromatic carboxylic acids is 1. The number of rotatable bonds is 4. The lowest BCUT2D eigenvalue weighted by Crippen LogP contribution is -1.99. The zero-order valence-electron chi connectivity index (χ0n) is 10.4. The second-order valence-corrected chi connectivity index (χ2v) is 5.19. The number of benzene rings is 2. The fraction of sp³-hybridized carbons (Fsp3) is 0.133. The third kappa shape index (κ3) is 3.35. The molecule has 0 amide bonds. The maximum absolute atomic E-state index is 13.5. The predicted molar refractivity (Wildman–Crippen MR) is 73.3 cm³/mol. The molecule has 0 fully saturated rings. The highest BCUT2D eigenvalue weighted by atomic mass is 32.2. The molecule has 0 aliphatic carbocycles. The molecule has 0 spiro atoms. The van der Waals surface area contributed by atoms with Gasteiger partial charge in [-0.05, 0) is 42.3 Å². The lowest BCUT2D eigenvalue weighted by molar-refractivity contribution is 0.0692. The Morgan fingerprint density at radius 2 is 1.79 bits per heavy atom. The summed E-state index contributed by atoms with van der Waals surface area (Å²) in [6, 6.07) is 12.2. The maximum Gasteiger partial charge on any atom is 0.338 e. The summed E-state index contributed by atoms with van der Waals surface area (Å²) < 4.78 is 13.5. The van der Waals surface area contributed by atoms with Crippen molar-refractivity contribution in [2.45, 2.75) is 23.1 Å². The zero-order valence-corrected chi connectivity index (χ0v) is 11.2. The van der Waals surface area contributed by atoms with E-state index < -0.39 is 11.8 Å². The summed E-state index contributed by atoms with van der Waals surface area (Å²) in [7, 11) is 0. The number of hydrogen-bond donors (Lipinski definition) is 1. The molecule has 0 aliphatic rings. The summed E-state index contributed by atoms with van der Waals surface area (Å²) >= 11 is 1.41. The molecular formula is C15H13FO2S. The van der Waals surface area contributed by atoms with E-state index in [-0.39, 0.29) is 5.56 Å². The average Bonchev–Trinajstić information content (AvgIpc) is 2.39. The van der Waals surface area contributed by atoms with Crippen LogP contribution in [0.4, 0.5) is 4.39 Å². The van der Waals surface area contributed by atoms with Crippen molar-refractivity contribution in [1.82, 2.24) is 0 Å². The standard InChI is InChI=1S/C15H13FO2S/c1-2-10-3-5-11(6-4-10)19-12-7-8-13(15(17)18)14(16)9-12/h3-9H,2H2,1H3,(H,17,18). The zero-order chi connectivity index (χ0) is 13.8. The van der Waals surface area contributed by atoms with Crippen molar-refractivity contribution in [3.8, 4) is 0 Å². The van der Waals surface area contributed by atoms with Gasteiger partial charge in [-0.3, -0.25) is 0 Å². The Morgan fingerprint density at radius 3 is 2.32 bits per heavy atom. The largest absolute Gasteiger partial charge is 0.478 e. The highest BCUT2D eigenvalue weighted by Crippen LogP contribution is 2.29. The molecule has 0 atom stereocenters. The summed E-state index contributed by atoms with van der Waals surface area (Å²) in [6.45, 7) is 2.09. The molecule has 0 radical (unpaired) electrons. The monoisotopic (exact) mass is 276 g/mol. The molecule has 0 unspecified atom stereocenters. The molecule has 0 bridgehead atoms. The van der Waals surface area contributed by atoms with Gasteiger partial charge >= 0.3 is 5.97 Å². The molecule has 4 heteroatoms. The van der Waals surface area contributed by atoms with Crippen LogP contribution in [0.1, 0.15) is 22.8 Å². The second-order valence-electron chi connectivity index (χ2n) is 4.05. The molecule has 19 heavy (non-hydrogen) atoms. The van der Waals surface area contributed by atoms with Crippen molar-refractivity contribution < 1.29 is 14.3 Å². The number of hydrogen-bond acceptors (Lipinski definition) is 2. The van der Waals surface area contributed by atoms with E-state index >= 15 is 0 Å². The van der Waals surface area contributed by atoms with Gasteiger partial charge in [-0.1, -0.05) is 30.8 Å². The molecule has 0 saturated heterocycles. The van der Waals surface area contributed by atoms with Crippen LogP contribution in [0.15, 0.2) is 52.3 Å². The van der Waals surface area contributed by atoms with Crippen molar-refractivity contribution in [3.63, 3.8) is 0 Å². The topological polar surface area (TPSA) is 37.3 Å². The van der Waals surface area contributed by atoms with E-state index in [0.717, 1.165) is 11.3 Å². The smallest absolute Gasteiger partial charge is 0.338 e. The number of carboxylic acid groups (broad SMARTS) is 1. The average molecular weight is 276 g/mol. The Balaban J connectivity index is 2.18. The van der Waals surface area contributed by atoms with Crippen LogP contribution < -0.4 is 0 Å². The van der Waals surface area contributed by atoms with E-state index in [0.29, 0.717) is 4.90 Å². The molecule has 0 heterocycles. The van der Waals surface area contributed by atoms with E-state index in [1.807, 2.05) is 24.3 Å². The summed E-state index contributed by atoms with van der Waals surface area (Å²) in [6.07, 6.45) is 0.979. The molecule has 1 N–H and O–H groups in total. The van der Waals surface area contributed by atoms with Crippen LogP contribution in [0.2, 0.25) is 0 Å². The Bertz CT molecular complexity index is 594. The van der Waals surface area contributed by atoms with Crippen LogP contribution in [-0.2, 0) is 6.42 Å². The number of carboxylic acids is 1. The third-order valence-electron chi connectivity index (χ3n) is 2.74. The van der Waals surface area contributed by atoms with Crippen molar-refractivity contribution >= 4 is 17.7 Å². The van der Waals surface area contributed by atoms with E-state index in [9.17, 15) is 9.18 Å². The van der Waals surface area contributed by atoms with Crippen LogP contribution in [0.25, 0.3) is 0 Å². The first-order chi connectivity index (χ1) is 9.10. The summed E-state index contributed by atoms with van der Waals surface area (Å²) in [4.78, 5) is 12.4. The van der Waals surface area contributed by atoms with Gasteiger partial charge in [-0.2, -0.15) is 0 Å². The molecule has 0 aromatic heterocycles. The Morgan fingerprint density at radius 1 is 1.16 bits per heavy atom. The van der Waals surface area contributed by atoms with E-state index in [1.165, 1.54) is 29.5 Å². The first-order valence-corrected chi connectivity index (χ1v) is 6.71. The van der Waals surface area contributed by atoms with Gasteiger partial charge < -0.3 is 5.11 Å². The number of aryl methyl sites for hydroxylation is 1. The third-order valence-corrected chi connectivity index (χ3v) is 3.74. The van der Waals surface area contributed by atoms with E-state index in [4.69, 9.17) is 5.11 Å². The van der Waals surface area contributed by atoms with Crippen molar-refractivity contribution in [2.24, 2.45) is 0 Å². The lowest BCUT2D eigenvalue weighted by Gasteiger charge is -2.04. The van der Waals surface area contributed by atoms with Gasteiger partial charge in [0.05, 0.1) is 5.56 Å². The van der Waals surface area contributed by atoms with Crippen molar-refractivity contribution in [2.75, 3.05) is 0 Å². The van der Waals surface area contributed by atoms with Gasteiger partial charge in [0, 0.05) is 9.79 Å². The summed E-state index contributed by atoms with van der Waals surface area (Å²) in [5.74, 6) is -1.95. The second kappa shape index (κ2) is 5.89.